The lowest BCUT2D eigenvalue weighted by Gasteiger charge is -2.19. The second-order valence-electron chi connectivity index (χ2n) is 4.39. The van der Waals surface area contributed by atoms with Crippen molar-refractivity contribution in [1.29, 1.82) is 0 Å². The average molecular weight is 220 g/mol. The lowest BCUT2D eigenvalue weighted by atomic mass is 9.85. The van der Waals surface area contributed by atoms with E-state index >= 15 is 0 Å². The van der Waals surface area contributed by atoms with E-state index in [9.17, 15) is 9.90 Å². The third-order valence-corrected chi connectivity index (χ3v) is 3.17. The molecule has 0 amide bonds. The van der Waals surface area contributed by atoms with Gasteiger partial charge in [0.25, 0.3) is 0 Å². The molecule has 0 radical (unpaired) electrons. The first kappa shape index (κ1) is 12.8. The molecule has 0 saturated heterocycles. The number of phenolic OH excluding ortho intramolecular Hbond substituents is 1. The molecule has 0 saturated carbocycles. The number of Topliss-reactive ketones (excluding diaryl/α,β-unsaturated/α-hetero) is 1. The van der Waals surface area contributed by atoms with E-state index in [1.54, 1.807) is 12.1 Å². The maximum atomic E-state index is 11.8. The summed E-state index contributed by atoms with van der Waals surface area (Å²) in [7, 11) is 0. The molecular formula is C14H20O2. The van der Waals surface area contributed by atoms with Gasteiger partial charge in [-0.25, -0.2) is 0 Å². The van der Waals surface area contributed by atoms with Crippen LogP contribution >= 0.6 is 0 Å². The number of phenols is 1. The van der Waals surface area contributed by atoms with Crippen LogP contribution in [0.25, 0.3) is 0 Å². The third-order valence-electron chi connectivity index (χ3n) is 3.17. The Balaban J connectivity index is 2.73. The number of ketones is 1. The van der Waals surface area contributed by atoms with E-state index in [1.807, 2.05) is 26.0 Å². The van der Waals surface area contributed by atoms with Gasteiger partial charge in [0.05, 0.1) is 0 Å². The second-order valence-corrected chi connectivity index (χ2v) is 4.39. The van der Waals surface area contributed by atoms with Crippen molar-refractivity contribution in [3.05, 3.63) is 29.8 Å². The number of aromatic hydroxyl groups is 1. The number of hydrogen-bond acceptors (Lipinski definition) is 2. The van der Waals surface area contributed by atoms with Crippen molar-refractivity contribution in [2.24, 2.45) is 5.92 Å². The molecule has 0 fully saturated rings. The highest BCUT2D eigenvalue weighted by Crippen LogP contribution is 2.27. The summed E-state index contributed by atoms with van der Waals surface area (Å²) in [6.07, 6.45) is 1.56. The van der Waals surface area contributed by atoms with Gasteiger partial charge in [0.2, 0.25) is 0 Å². The smallest absolute Gasteiger partial charge is 0.136 e. The molecule has 1 N–H and O–H groups in total. The fourth-order valence-corrected chi connectivity index (χ4v) is 1.82. The topological polar surface area (TPSA) is 37.3 Å². The summed E-state index contributed by atoms with van der Waals surface area (Å²) in [6.45, 7) is 6.07. The van der Waals surface area contributed by atoms with Crippen LogP contribution in [0.15, 0.2) is 24.3 Å². The molecule has 1 rings (SSSR count). The first-order chi connectivity index (χ1) is 7.56. The zero-order valence-electron chi connectivity index (χ0n) is 10.2. The Bertz CT molecular complexity index is 340. The summed E-state index contributed by atoms with van der Waals surface area (Å²) < 4.78 is 0. The Hall–Kier alpha value is -1.31. The van der Waals surface area contributed by atoms with Gasteiger partial charge in [-0.05, 0) is 30.0 Å². The lowest BCUT2D eigenvalue weighted by molar-refractivity contribution is -0.122. The maximum Gasteiger partial charge on any atom is 0.136 e. The molecule has 1 aromatic rings. The third kappa shape index (κ3) is 3.09. The zero-order valence-corrected chi connectivity index (χ0v) is 10.2. The van der Waals surface area contributed by atoms with Crippen LogP contribution in [0.3, 0.4) is 0 Å². The van der Waals surface area contributed by atoms with Gasteiger partial charge in [-0.2, -0.15) is 0 Å². The molecular weight excluding hydrogens is 200 g/mol. The van der Waals surface area contributed by atoms with E-state index in [0.29, 0.717) is 12.2 Å². The number of carbonyl (C=O) groups is 1. The van der Waals surface area contributed by atoms with Gasteiger partial charge in [0.1, 0.15) is 11.5 Å². The molecule has 0 heterocycles. The summed E-state index contributed by atoms with van der Waals surface area (Å²) in [5, 5.41) is 9.20. The lowest BCUT2D eigenvalue weighted by Crippen LogP contribution is -2.17. The molecule has 1 aromatic carbocycles. The van der Waals surface area contributed by atoms with Crippen LogP contribution in [-0.2, 0) is 4.79 Å². The van der Waals surface area contributed by atoms with Crippen LogP contribution < -0.4 is 0 Å². The first-order valence-corrected chi connectivity index (χ1v) is 5.88. The molecule has 0 spiro atoms. The normalized spacial score (nSPS) is 14.4. The predicted octanol–water partition coefficient (Wildman–Crippen LogP) is 3.50. The number of hydrogen-bond donors (Lipinski definition) is 1. The molecule has 0 aromatic heterocycles. The van der Waals surface area contributed by atoms with Gasteiger partial charge in [-0.15, -0.1) is 0 Å². The van der Waals surface area contributed by atoms with Crippen LogP contribution in [0.2, 0.25) is 0 Å². The quantitative estimate of drug-likeness (QED) is 0.824. The second kappa shape index (κ2) is 5.69. The Morgan fingerprint density at radius 3 is 2.31 bits per heavy atom. The standard InChI is InChI=1S/C14H20O2/c1-4-5-14(16)11(3)10(2)12-6-8-13(15)9-7-12/h6-11,15H,4-5H2,1-3H3/t10-,11?/m0/s1. The first-order valence-electron chi connectivity index (χ1n) is 5.88. The van der Waals surface area contributed by atoms with E-state index in [-0.39, 0.29) is 17.6 Å². The molecule has 2 nitrogen and oxygen atoms in total. The minimum atomic E-state index is 0.0458. The molecule has 0 aliphatic heterocycles. The largest absolute Gasteiger partial charge is 0.508 e. The van der Waals surface area contributed by atoms with Gasteiger partial charge in [0, 0.05) is 12.3 Å². The number of rotatable bonds is 5. The van der Waals surface area contributed by atoms with E-state index < -0.39 is 0 Å². The monoisotopic (exact) mass is 220 g/mol. The van der Waals surface area contributed by atoms with Gasteiger partial charge >= 0.3 is 0 Å². The van der Waals surface area contributed by atoms with Crippen molar-refractivity contribution < 1.29 is 9.90 Å². The average Bonchev–Trinajstić information content (AvgIpc) is 2.28. The summed E-state index contributed by atoms with van der Waals surface area (Å²) in [5.41, 5.74) is 1.11. The van der Waals surface area contributed by atoms with Crippen molar-refractivity contribution in [3.8, 4) is 5.75 Å². The van der Waals surface area contributed by atoms with E-state index in [1.165, 1.54) is 0 Å². The van der Waals surface area contributed by atoms with Gasteiger partial charge in [0.15, 0.2) is 0 Å². The molecule has 2 atom stereocenters. The van der Waals surface area contributed by atoms with Crippen LogP contribution in [-0.4, -0.2) is 10.9 Å². The minimum absolute atomic E-state index is 0.0458. The summed E-state index contributed by atoms with van der Waals surface area (Å²) in [4.78, 5) is 11.8. The Kier molecular flexibility index (Phi) is 4.53. The van der Waals surface area contributed by atoms with Crippen molar-refractivity contribution in [2.75, 3.05) is 0 Å². The van der Waals surface area contributed by atoms with E-state index in [4.69, 9.17) is 0 Å². The highest BCUT2D eigenvalue weighted by molar-refractivity contribution is 5.81. The molecule has 16 heavy (non-hydrogen) atoms. The Morgan fingerprint density at radius 2 is 1.81 bits per heavy atom. The summed E-state index contributed by atoms with van der Waals surface area (Å²) >= 11 is 0. The predicted molar refractivity (Wildman–Crippen MR) is 65.6 cm³/mol. The van der Waals surface area contributed by atoms with Gasteiger partial charge in [-0.3, -0.25) is 4.79 Å². The van der Waals surface area contributed by atoms with Crippen molar-refractivity contribution in [1.82, 2.24) is 0 Å². The number of benzene rings is 1. The molecule has 2 heteroatoms. The molecule has 0 aliphatic rings. The Labute approximate surface area is 97.3 Å². The molecule has 0 aliphatic carbocycles. The molecule has 88 valence electrons. The number of carbonyl (C=O) groups excluding carboxylic acids is 1. The van der Waals surface area contributed by atoms with E-state index in [0.717, 1.165) is 12.0 Å². The molecule has 1 unspecified atom stereocenters. The van der Waals surface area contributed by atoms with Crippen LogP contribution in [0.5, 0.6) is 5.75 Å². The highest BCUT2D eigenvalue weighted by atomic mass is 16.3. The Morgan fingerprint density at radius 1 is 1.25 bits per heavy atom. The summed E-state index contributed by atoms with van der Waals surface area (Å²) in [6, 6.07) is 7.11. The fraction of sp³-hybridized carbons (Fsp3) is 0.500. The molecule has 0 bridgehead atoms. The SMILES string of the molecule is CCCC(=O)C(C)[C@H](C)c1ccc(O)cc1. The fourth-order valence-electron chi connectivity index (χ4n) is 1.82. The van der Waals surface area contributed by atoms with Crippen molar-refractivity contribution in [2.45, 2.75) is 39.5 Å². The maximum absolute atomic E-state index is 11.8. The van der Waals surface area contributed by atoms with Crippen LogP contribution in [0.4, 0.5) is 0 Å². The van der Waals surface area contributed by atoms with Crippen LogP contribution in [0, 0.1) is 5.92 Å². The van der Waals surface area contributed by atoms with E-state index in [2.05, 4.69) is 6.92 Å². The van der Waals surface area contributed by atoms with Crippen molar-refractivity contribution in [3.63, 3.8) is 0 Å². The minimum Gasteiger partial charge on any atom is -0.508 e. The van der Waals surface area contributed by atoms with Crippen molar-refractivity contribution >= 4 is 5.78 Å². The van der Waals surface area contributed by atoms with Gasteiger partial charge in [-0.1, -0.05) is 32.9 Å². The summed E-state index contributed by atoms with van der Waals surface area (Å²) in [5.74, 6) is 0.843. The zero-order chi connectivity index (χ0) is 12.1. The van der Waals surface area contributed by atoms with Gasteiger partial charge < -0.3 is 5.11 Å². The highest BCUT2D eigenvalue weighted by Gasteiger charge is 2.20. The van der Waals surface area contributed by atoms with Crippen LogP contribution in [0.1, 0.15) is 45.1 Å².